The van der Waals surface area contributed by atoms with Crippen molar-refractivity contribution in [2.75, 3.05) is 33.2 Å². The third-order valence-electron chi connectivity index (χ3n) is 6.72. The molecule has 1 amide bonds. The Bertz CT molecular complexity index is 753. The molecule has 2 atom stereocenters. The zero-order valence-corrected chi connectivity index (χ0v) is 20.7. The van der Waals surface area contributed by atoms with Gasteiger partial charge in [-0.25, -0.2) is 0 Å². The molecule has 1 aromatic rings. The molecule has 166 valence electrons. The molecule has 3 aliphatic rings. The van der Waals surface area contributed by atoms with Gasteiger partial charge in [-0.2, -0.15) is 0 Å². The van der Waals surface area contributed by atoms with Gasteiger partial charge in [0.05, 0.1) is 12.2 Å². The van der Waals surface area contributed by atoms with E-state index in [9.17, 15) is 4.79 Å². The Hall–Kier alpha value is -1.35. The Balaban J connectivity index is 0.00000256. The van der Waals surface area contributed by atoms with E-state index in [0.717, 1.165) is 36.7 Å². The number of halogens is 1. The smallest absolute Gasteiger partial charge is 0.254 e. The van der Waals surface area contributed by atoms with Crippen LogP contribution in [0.3, 0.4) is 0 Å². The van der Waals surface area contributed by atoms with Crippen LogP contribution >= 0.6 is 24.0 Å². The number of aliphatic imine (C=N–C) groups is 1. The molecule has 1 N–H and O–H groups in total. The Morgan fingerprint density at radius 3 is 2.33 bits per heavy atom. The number of carbonyl (C=O) groups excluding carboxylic acids is 1. The average molecular weight is 526 g/mol. The number of hydrogen-bond acceptors (Lipinski definition) is 3. The number of nitrogens with zero attached hydrogens (tertiary/aromatic N) is 3. The molecular weight excluding hydrogens is 491 g/mol. The molecule has 1 spiro atoms. The van der Waals surface area contributed by atoms with Gasteiger partial charge in [0.15, 0.2) is 5.96 Å². The maximum absolute atomic E-state index is 12.8. The molecule has 0 radical (unpaired) electrons. The second-order valence-corrected chi connectivity index (χ2v) is 9.09. The van der Waals surface area contributed by atoms with Crippen molar-refractivity contribution in [3.63, 3.8) is 0 Å². The van der Waals surface area contributed by atoms with Crippen molar-refractivity contribution in [2.24, 2.45) is 10.4 Å². The zero-order chi connectivity index (χ0) is 20.4. The van der Waals surface area contributed by atoms with E-state index >= 15 is 0 Å². The first kappa shape index (κ1) is 23.3. The minimum atomic E-state index is 0. The molecule has 4 rings (SSSR count). The summed E-state index contributed by atoms with van der Waals surface area (Å²) in [6.45, 7) is 8.30. The molecule has 1 saturated carbocycles. The fraction of sp³-hybridized carbons (Fsp3) is 0.652. The Labute approximate surface area is 197 Å². The van der Waals surface area contributed by atoms with Gasteiger partial charge in [-0.05, 0) is 56.2 Å². The lowest BCUT2D eigenvalue weighted by atomic mass is 9.68. The lowest BCUT2D eigenvalue weighted by molar-refractivity contribution is -0.0586. The summed E-state index contributed by atoms with van der Waals surface area (Å²) in [5.74, 6) is 1.08. The van der Waals surface area contributed by atoms with Gasteiger partial charge in [-0.3, -0.25) is 9.79 Å². The van der Waals surface area contributed by atoms with Crippen LogP contribution in [0.1, 0.15) is 55.5 Å². The Morgan fingerprint density at radius 2 is 1.80 bits per heavy atom. The quantitative estimate of drug-likeness (QED) is 0.372. The molecule has 1 aromatic carbocycles. The number of amides is 1. The highest BCUT2D eigenvalue weighted by molar-refractivity contribution is 14.0. The summed E-state index contributed by atoms with van der Waals surface area (Å²) < 4.78 is 5.73. The first-order valence-electron chi connectivity index (χ1n) is 11.0. The Kier molecular flexibility index (Phi) is 7.66. The van der Waals surface area contributed by atoms with Crippen LogP contribution < -0.4 is 5.32 Å². The second kappa shape index (κ2) is 9.85. The number of hydrogen-bond donors (Lipinski definition) is 1. The molecular formula is C23H35IN4O2. The summed E-state index contributed by atoms with van der Waals surface area (Å²) in [6, 6.07) is 7.95. The van der Waals surface area contributed by atoms with Crippen LogP contribution in [0.5, 0.6) is 0 Å². The lowest BCUT2D eigenvalue weighted by Crippen LogP contribution is -2.48. The molecule has 2 saturated heterocycles. The summed E-state index contributed by atoms with van der Waals surface area (Å²) in [5.41, 5.74) is 2.46. The van der Waals surface area contributed by atoms with E-state index in [-0.39, 0.29) is 42.1 Å². The number of morpholine rings is 1. The average Bonchev–Trinajstić information content (AvgIpc) is 3.14. The van der Waals surface area contributed by atoms with Crippen LogP contribution in [-0.4, -0.2) is 67.1 Å². The van der Waals surface area contributed by atoms with E-state index in [0.29, 0.717) is 18.5 Å². The summed E-state index contributed by atoms with van der Waals surface area (Å²) >= 11 is 0. The number of benzene rings is 1. The Morgan fingerprint density at radius 1 is 1.13 bits per heavy atom. The maximum atomic E-state index is 12.8. The van der Waals surface area contributed by atoms with Gasteiger partial charge in [-0.15, -0.1) is 24.0 Å². The molecule has 0 bridgehead atoms. The van der Waals surface area contributed by atoms with E-state index in [1.165, 1.54) is 25.7 Å². The molecule has 6 nitrogen and oxygen atoms in total. The van der Waals surface area contributed by atoms with E-state index in [2.05, 4.69) is 15.2 Å². The van der Waals surface area contributed by atoms with Crippen LogP contribution in [-0.2, 0) is 11.3 Å². The highest BCUT2D eigenvalue weighted by atomic mass is 127. The largest absolute Gasteiger partial charge is 0.372 e. The summed E-state index contributed by atoms with van der Waals surface area (Å²) in [6.07, 6.45) is 5.59. The SMILES string of the molecule is CN=C(NCc1ccc(C(=O)N2CC(C)OC(C)C2)cc1)N1CCC2(CCC2)C1.I. The van der Waals surface area contributed by atoms with Gasteiger partial charge in [0, 0.05) is 45.3 Å². The highest BCUT2D eigenvalue weighted by Gasteiger charge is 2.43. The first-order chi connectivity index (χ1) is 14.0. The topological polar surface area (TPSA) is 57.2 Å². The van der Waals surface area contributed by atoms with Crippen molar-refractivity contribution in [1.82, 2.24) is 15.1 Å². The number of rotatable bonds is 3. The third-order valence-corrected chi connectivity index (χ3v) is 6.72. The van der Waals surface area contributed by atoms with Crippen molar-refractivity contribution < 1.29 is 9.53 Å². The number of likely N-dealkylation sites (tertiary alicyclic amines) is 1. The van der Waals surface area contributed by atoms with E-state index < -0.39 is 0 Å². The maximum Gasteiger partial charge on any atom is 0.254 e. The molecule has 2 heterocycles. The minimum Gasteiger partial charge on any atom is -0.372 e. The van der Waals surface area contributed by atoms with Gasteiger partial charge in [-0.1, -0.05) is 18.6 Å². The van der Waals surface area contributed by atoms with Crippen LogP contribution in [0, 0.1) is 5.41 Å². The van der Waals surface area contributed by atoms with Crippen LogP contribution in [0.2, 0.25) is 0 Å². The number of carbonyl (C=O) groups is 1. The van der Waals surface area contributed by atoms with E-state index in [1.807, 2.05) is 50.1 Å². The number of ether oxygens (including phenoxy) is 1. The van der Waals surface area contributed by atoms with Gasteiger partial charge in [0.2, 0.25) is 0 Å². The molecule has 2 aliphatic heterocycles. The van der Waals surface area contributed by atoms with Crippen molar-refractivity contribution in [3.05, 3.63) is 35.4 Å². The van der Waals surface area contributed by atoms with Gasteiger partial charge >= 0.3 is 0 Å². The van der Waals surface area contributed by atoms with Crippen molar-refractivity contribution >= 4 is 35.8 Å². The second-order valence-electron chi connectivity index (χ2n) is 9.09. The molecule has 2 unspecified atom stereocenters. The first-order valence-corrected chi connectivity index (χ1v) is 11.0. The summed E-state index contributed by atoms with van der Waals surface area (Å²) in [7, 11) is 1.86. The summed E-state index contributed by atoms with van der Waals surface area (Å²) in [5, 5.41) is 3.50. The predicted molar refractivity (Wildman–Crippen MR) is 130 cm³/mol. The van der Waals surface area contributed by atoms with E-state index in [4.69, 9.17) is 4.74 Å². The normalized spacial score (nSPS) is 25.6. The monoisotopic (exact) mass is 526 g/mol. The van der Waals surface area contributed by atoms with E-state index in [1.54, 1.807) is 0 Å². The standard InChI is InChI=1S/C23H34N4O2.HI/c1-17-14-27(15-18(2)29-17)21(28)20-7-5-19(6-8-20)13-25-22(24-3)26-12-11-23(16-26)9-4-10-23;/h5-8,17-18H,4,9-16H2,1-3H3,(H,24,25);1H. The third kappa shape index (κ3) is 5.10. The van der Waals surface area contributed by atoms with Gasteiger partial charge < -0.3 is 19.9 Å². The van der Waals surface area contributed by atoms with Gasteiger partial charge in [0.1, 0.15) is 0 Å². The highest BCUT2D eigenvalue weighted by Crippen LogP contribution is 2.47. The predicted octanol–water partition coefficient (Wildman–Crippen LogP) is 3.51. The molecule has 1 aliphatic carbocycles. The molecule has 30 heavy (non-hydrogen) atoms. The van der Waals surface area contributed by atoms with Crippen LogP contribution in [0.4, 0.5) is 0 Å². The van der Waals surface area contributed by atoms with Crippen molar-refractivity contribution in [3.8, 4) is 0 Å². The summed E-state index contributed by atoms with van der Waals surface area (Å²) in [4.78, 5) is 21.6. The van der Waals surface area contributed by atoms with Gasteiger partial charge in [0.25, 0.3) is 5.91 Å². The molecule has 7 heteroatoms. The zero-order valence-electron chi connectivity index (χ0n) is 18.4. The molecule has 0 aromatic heterocycles. The molecule has 3 fully saturated rings. The fourth-order valence-corrected chi connectivity index (χ4v) is 5.01. The number of nitrogens with one attached hydrogen (secondary N) is 1. The van der Waals surface area contributed by atoms with Crippen molar-refractivity contribution in [2.45, 2.75) is 58.3 Å². The van der Waals surface area contributed by atoms with Crippen molar-refractivity contribution in [1.29, 1.82) is 0 Å². The lowest BCUT2D eigenvalue weighted by Gasteiger charge is -2.38. The van der Waals surface area contributed by atoms with Crippen LogP contribution in [0.25, 0.3) is 0 Å². The number of guanidine groups is 1. The minimum absolute atomic E-state index is 0. The fourth-order valence-electron chi connectivity index (χ4n) is 5.01. The van der Waals surface area contributed by atoms with Crippen LogP contribution in [0.15, 0.2) is 29.3 Å².